The largest absolute Gasteiger partial charge is 0.491 e. The minimum Gasteiger partial charge on any atom is -0.491 e. The lowest BCUT2D eigenvalue weighted by molar-refractivity contribution is 0.0963. The van der Waals surface area contributed by atoms with Crippen molar-refractivity contribution in [2.24, 2.45) is 0 Å². The van der Waals surface area contributed by atoms with Crippen LogP contribution in [-0.4, -0.2) is 19.6 Å². The SMILES string of the molecule is CCCCCCOc1ccc(C(=O)NC)cc1N. The number of anilines is 1. The van der Waals surface area contributed by atoms with Gasteiger partial charge in [-0.25, -0.2) is 0 Å². The van der Waals surface area contributed by atoms with Crippen molar-refractivity contribution in [2.75, 3.05) is 19.4 Å². The average molecular weight is 250 g/mol. The number of unbranched alkanes of at least 4 members (excludes halogenated alkanes) is 3. The van der Waals surface area contributed by atoms with Crippen LogP contribution in [0.4, 0.5) is 5.69 Å². The van der Waals surface area contributed by atoms with Gasteiger partial charge < -0.3 is 15.8 Å². The lowest BCUT2D eigenvalue weighted by Crippen LogP contribution is -2.17. The molecule has 1 aromatic rings. The van der Waals surface area contributed by atoms with Crippen molar-refractivity contribution >= 4 is 11.6 Å². The first-order valence-electron chi connectivity index (χ1n) is 6.43. The number of carbonyl (C=O) groups is 1. The number of rotatable bonds is 7. The van der Waals surface area contributed by atoms with E-state index in [4.69, 9.17) is 10.5 Å². The Labute approximate surface area is 109 Å². The van der Waals surface area contributed by atoms with Crippen LogP contribution in [0.15, 0.2) is 18.2 Å². The Morgan fingerprint density at radius 3 is 2.72 bits per heavy atom. The maximum absolute atomic E-state index is 11.4. The lowest BCUT2D eigenvalue weighted by atomic mass is 10.1. The minimum absolute atomic E-state index is 0.142. The van der Waals surface area contributed by atoms with Gasteiger partial charge in [0.05, 0.1) is 12.3 Å². The summed E-state index contributed by atoms with van der Waals surface area (Å²) in [7, 11) is 1.59. The highest BCUT2D eigenvalue weighted by molar-refractivity contribution is 5.95. The first-order chi connectivity index (χ1) is 8.69. The average Bonchev–Trinajstić information content (AvgIpc) is 2.39. The fraction of sp³-hybridized carbons (Fsp3) is 0.500. The van der Waals surface area contributed by atoms with Crippen LogP contribution in [0.2, 0.25) is 0 Å². The molecule has 0 aliphatic rings. The normalized spacial score (nSPS) is 10.1. The summed E-state index contributed by atoms with van der Waals surface area (Å²) in [6.45, 7) is 2.85. The van der Waals surface area contributed by atoms with E-state index in [0.717, 1.165) is 6.42 Å². The second kappa shape index (κ2) is 7.58. The molecule has 0 aliphatic carbocycles. The molecule has 0 bridgehead atoms. The second-order valence-electron chi connectivity index (χ2n) is 4.24. The molecule has 0 radical (unpaired) electrons. The van der Waals surface area contributed by atoms with E-state index in [0.29, 0.717) is 23.6 Å². The van der Waals surface area contributed by atoms with Crippen molar-refractivity contribution in [1.29, 1.82) is 0 Å². The number of ether oxygens (including phenoxy) is 1. The highest BCUT2D eigenvalue weighted by atomic mass is 16.5. The topological polar surface area (TPSA) is 64.3 Å². The Morgan fingerprint density at radius 1 is 1.33 bits per heavy atom. The van der Waals surface area contributed by atoms with Crippen LogP contribution in [0.5, 0.6) is 5.75 Å². The first-order valence-corrected chi connectivity index (χ1v) is 6.43. The summed E-state index contributed by atoms with van der Waals surface area (Å²) < 4.78 is 5.60. The molecule has 0 saturated heterocycles. The molecule has 0 heterocycles. The smallest absolute Gasteiger partial charge is 0.251 e. The van der Waals surface area contributed by atoms with E-state index < -0.39 is 0 Å². The second-order valence-corrected chi connectivity index (χ2v) is 4.24. The zero-order chi connectivity index (χ0) is 13.4. The number of hydrogen-bond acceptors (Lipinski definition) is 3. The molecule has 0 spiro atoms. The van der Waals surface area contributed by atoms with Crippen molar-refractivity contribution in [3.8, 4) is 5.75 Å². The predicted molar refractivity (Wildman–Crippen MR) is 73.9 cm³/mol. The molecular formula is C14H22N2O2. The fourth-order valence-electron chi connectivity index (χ4n) is 1.68. The Balaban J connectivity index is 2.49. The van der Waals surface area contributed by atoms with Gasteiger partial charge in [-0.1, -0.05) is 26.2 Å². The van der Waals surface area contributed by atoms with Gasteiger partial charge in [-0.3, -0.25) is 4.79 Å². The van der Waals surface area contributed by atoms with Crippen molar-refractivity contribution in [3.63, 3.8) is 0 Å². The quantitative estimate of drug-likeness (QED) is 0.577. The number of nitrogens with one attached hydrogen (secondary N) is 1. The Hall–Kier alpha value is -1.71. The van der Waals surface area contributed by atoms with E-state index in [1.807, 2.05) is 0 Å². The molecule has 0 fully saturated rings. The maximum Gasteiger partial charge on any atom is 0.251 e. The van der Waals surface area contributed by atoms with Gasteiger partial charge in [0.25, 0.3) is 5.91 Å². The number of benzene rings is 1. The lowest BCUT2D eigenvalue weighted by Gasteiger charge is -2.10. The molecule has 1 aromatic carbocycles. The summed E-state index contributed by atoms with van der Waals surface area (Å²) in [6.07, 6.45) is 4.65. The number of nitrogens with two attached hydrogens (primary N) is 1. The zero-order valence-electron chi connectivity index (χ0n) is 11.2. The molecule has 0 aromatic heterocycles. The summed E-state index contributed by atoms with van der Waals surface area (Å²) in [5.74, 6) is 0.510. The fourth-order valence-corrected chi connectivity index (χ4v) is 1.68. The molecule has 100 valence electrons. The van der Waals surface area contributed by atoms with E-state index in [2.05, 4.69) is 12.2 Å². The van der Waals surface area contributed by atoms with Crippen molar-refractivity contribution in [1.82, 2.24) is 5.32 Å². The van der Waals surface area contributed by atoms with Crippen LogP contribution in [0, 0.1) is 0 Å². The standard InChI is InChI=1S/C14H22N2O2/c1-3-4-5-6-9-18-13-8-7-11(10-12(13)15)14(17)16-2/h7-8,10H,3-6,9,15H2,1-2H3,(H,16,17). The van der Waals surface area contributed by atoms with E-state index in [1.54, 1.807) is 25.2 Å². The van der Waals surface area contributed by atoms with Gasteiger partial charge in [0, 0.05) is 12.6 Å². The Bertz CT molecular complexity index is 391. The number of nitrogen functional groups attached to an aromatic ring is 1. The molecule has 18 heavy (non-hydrogen) atoms. The van der Waals surface area contributed by atoms with Gasteiger partial charge >= 0.3 is 0 Å². The minimum atomic E-state index is -0.142. The van der Waals surface area contributed by atoms with Crippen molar-refractivity contribution in [3.05, 3.63) is 23.8 Å². The molecule has 0 unspecified atom stereocenters. The molecule has 1 amide bonds. The molecule has 0 saturated carbocycles. The number of carbonyl (C=O) groups excluding carboxylic acids is 1. The van der Waals surface area contributed by atoms with Gasteiger partial charge in [-0.15, -0.1) is 0 Å². The van der Waals surface area contributed by atoms with Crippen LogP contribution >= 0.6 is 0 Å². The van der Waals surface area contributed by atoms with Crippen LogP contribution in [0.1, 0.15) is 43.0 Å². The van der Waals surface area contributed by atoms with Gasteiger partial charge in [-0.2, -0.15) is 0 Å². The number of amides is 1. The molecule has 1 rings (SSSR count). The zero-order valence-corrected chi connectivity index (χ0v) is 11.2. The van der Waals surface area contributed by atoms with E-state index in [1.165, 1.54) is 19.3 Å². The Morgan fingerprint density at radius 2 is 2.11 bits per heavy atom. The van der Waals surface area contributed by atoms with Crippen LogP contribution < -0.4 is 15.8 Å². The van der Waals surface area contributed by atoms with Crippen LogP contribution in [-0.2, 0) is 0 Å². The van der Waals surface area contributed by atoms with Gasteiger partial charge in [-0.05, 0) is 24.6 Å². The predicted octanol–water partition coefficient (Wildman–Crippen LogP) is 2.59. The van der Waals surface area contributed by atoms with E-state index in [-0.39, 0.29) is 5.91 Å². The molecule has 0 atom stereocenters. The maximum atomic E-state index is 11.4. The monoisotopic (exact) mass is 250 g/mol. The third kappa shape index (κ3) is 4.28. The van der Waals surface area contributed by atoms with Crippen molar-refractivity contribution in [2.45, 2.75) is 32.6 Å². The van der Waals surface area contributed by atoms with Crippen molar-refractivity contribution < 1.29 is 9.53 Å². The van der Waals surface area contributed by atoms with E-state index in [9.17, 15) is 4.79 Å². The summed E-state index contributed by atoms with van der Waals surface area (Å²) in [6, 6.07) is 5.11. The first kappa shape index (κ1) is 14.4. The van der Waals surface area contributed by atoms with Gasteiger partial charge in [0.2, 0.25) is 0 Å². The molecule has 4 heteroatoms. The van der Waals surface area contributed by atoms with Gasteiger partial charge in [0.1, 0.15) is 5.75 Å². The van der Waals surface area contributed by atoms with E-state index >= 15 is 0 Å². The molecule has 3 N–H and O–H groups in total. The third-order valence-electron chi connectivity index (χ3n) is 2.75. The summed E-state index contributed by atoms with van der Waals surface area (Å²) in [5, 5.41) is 2.56. The Kier molecular flexibility index (Phi) is 6.05. The highest BCUT2D eigenvalue weighted by Gasteiger charge is 2.06. The third-order valence-corrected chi connectivity index (χ3v) is 2.75. The summed E-state index contributed by atoms with van der Waals surface area (Å²) in [5.41, 5.74) is 6.91. The molecular weight excluding hydrogens is 228 g/mol. The molecule has 0 aliphatic heterocycles. The summed E-state index contributed by atoms with van der Waals surface area (Å²) >= 11 is 0. The molecule has 4 nitrogen and oxygen atoms in total. The summed E-state index contributed by atoms with van der Waals surface area (Å²) in [4.78, 5) is 11.4. The van der Waals surface area contributed by atoms with Crippen LogP contribution in [0.3, 0.4) is 0 Å². The highest BCUT2D eigenvalue weighted by Crippen LogP contribution is 2.22. The number of hydrogen-bond donors (Lipinski definition) is 2. The van der Waals surface area contributed by atoms with Gasteiger partial charge in [0.15, 0.2) is 0 Å². The van der Waals surface area contributed by atoms with Crippen LogP contribution in [0.25, 0.3) is 0 Å².